The van der Waals surface area contributed by atoms with Crippen LogP contribution in [0.2, 0.25) is 5.02 Å². The third-order valence-electron chi connectivity index (χ3n) is 3.51. The van der Waals surface area contributed by atoms with E-state index in [0.29, 0.717) is 10.9 Å². The molecule has 1 aromatic rings. The molecule has 0 aliphatic heterocycles. The van der Waals surface area contributed by atoms with Crippen molar-refractivity contribution in [3.63, 3.8) is 0 Å². The van der Waals surface area contributed by atoms with Gasteiger partial charge in [0.2, 0.25) is 0 Å². The lowest BCUT2D eigenvalue weighted by atomic mass is 9.77. The summed E-state index contributed by atoms with van der Waals surface area (Å²) in [6.45, 7) is 2.21. The molecule has 0 aromatic heterocycles. The minimum atomic E-state index is -0.426. The molecule has 4 heteroatoms. The predicted molar refractivity (Wildman–Crippen MR) is 78.8 cm³/mol. The average Bonchev–Trinajstić information content (AvgIpc) is 2.34. The lowest BCUT2D eigenvalue weighted by Gasteiger charge is -2.35. The van der Waals surface area contributed by atoms with Gasteiger partial charge in [-0.1, -0.05) is 24.9 Å². The molecule has 1 fully saturated rings. The molecule has 0 amide bonds. The molecule has 2 atom stereocenters. The van der Waals surface area contributed by atoms with E-state index in [4.69, 9.17) is 11.6 Å². The quantitative estimate of drug-likeness (QED) is 0.831. The van der Waals surface area contributed by atoms with E-state index in [9.17, 15) is 5.26 Å². The van der Waals surface area contributed by atoms with Crippen molar-refractivity contribution in [2.45, 2.75) is 38.1 Å². The van der Waals surface area contributed by atoms with Crippen molar-refractivity contribution in [1.29, 1.82) is 5.26 Å². The Balaban J connectivity index is 2.20. The summed E-state index contributed by atoms with van der Waals surface area (Å²) in [7, 11) is 0. The smallest absolute Gasteiger partial charge is 0.125 e. The van der Waals surface area contributed by atoms with Gasteiger partial charge in [-0.2, -0.15) is 5.26 Å². The minimum Gasteiger partial charge on any atom is -0.367 e. The van der Waals surface area contributed by atoms with Crippen molar-refractivity contribution in [2.75, 3.05) is 5.32 Å². The molecule has 1 aromatic carbocycles. The second-order valence-electron chi connectivity index (χ2n) is 5.15. The van der Waals surface area contributed by atoms with E-state index in [-0.39, 0.29) is 0 Å². The number of nitriles is 1. The summed E-state index contributed by atoms with van der Waals surface area (Å²) in [6, 6.07) is 8.16. The van der Waals surface area contributed by atoms with E-state index in [1.807, 2.05) is 18.2 Å². The van der Waals surface area contributed by atoms with Crippen LogP contribution in [0.15, 0.2) is 22.7 Å². The second kappa shape index (κ2) is 5.50. The molecule has 0 heterocycles. The van der Waals surface area contributed by atoms with Gasteiger partial charge in [-0.25, -0.2) is 0 Å². The maximum atomic E-state index is 9.49. The number of nitrogens with one attached hydrogen (secondary N) is 1. The third kappa shape index (κ3) is 2.99. The van der Waals surface area contributed by atoms with Gasteiger partial charge in [0.25, 0.3) is 0 Å². The fourth-order valence-electron chi connectivity index (χ4n) is 2.64. The summed E-state index contributed by atoms with van der Waals surface area (Å²) in [4.78, 5) is 0. The first-order valence-electron chi connectivity index (χ1n) is 6.19. The van der Waals surface area contributed by atoms with Gasteiger partial charge in [0.05, 0.1) is 11.1 Å². The number of halogens is 2. The molecular formula is C14H16BrClN2. The van der Waals surface area contributed by atoms with E-state index in [1.54, 1.807) is 0 Å². The summed E-state index contributed by atoms with van der Waals surface area (Å²) in [5.41, 5.74) is 0.521. The molecule has 2 unspecified atom stereocenters. The molecule has 2 rings (SSSR count). The Morgan fingerprint density at radius 2 is 2.33 bits per heavy atom. The molecule has 0 saturated heterocycles. The van der Waals surface area contributed by atoms with Crippen molar-refractivity contribution < 1.29 is 0 Å². The van der Waals surface area contributed by atoms with Gasteiger partial charge in [-0.3, -0.25) is 0 Å². The van der Waals surface area contributed by atoms with Crippen LogP contribution in [0.4, 0.5) is 5.69 Å². The Bertz CT molecular complexity index is 483. The second-order valence-corrected chi connectivity index (χ2v) is 6.41. The van der Waals surface area contributed by atoms with Crippen molar-refractivity contribution in [1.82, 2.24) is 0 Å². The molecule has 0 bridgehead atoms. The zero-order valence-corrected chi connectivity index (χ0v) is 12.7. The highest BCUT2D eigenvalue weighted by Gasteiger charge is 2.34. The Kier molecular flexibility index (Phi) is 4.19. The Labute approximate surface area is 121 Å². The average molecular weight is 328 g/mol. The van der Waals surface area contributed by atoms with Crippen molar-refractivity contribution in [3.8, 4) is 6.07 Å². The molecular weight excluding hydrogens is 312 g/mol. The summed E-state index contributed by atoms with van der Waals surface area (Å²) in [5.74, 6) is 0.599. The largest absolute Gasteiger partial charge is 0.367 e. The fraction of sp³-hybridized carbons (Fsp3) is 0.500. The summed E-state index contributed by atoms with van der Waals surface area (Å²) in [6.07, 6.45) is 4.14. The molecule has 0 spiro atoms. The van der Waals surface area contributed by atoms with E-state index in [1.165, 1.54) is 6.42 Å². The van der Waals surface area contributed by atoms with Crippen LogP contribution < -0.4 is 5.32 Å². The SMILES string of the molecule is CC1CCCC(C#N)(Nc2ccc(Cl)c(Br)c2)C1. The fourth-order valence-corrected chi connectivity index (χ4v) is 3.14. The molecule has 18 heavy (non-hydrogen) atoms. The van der Waals surface area contributed by atoms with Crippen LogP contribution in [0.1, 0.15) is 32.6 Å². The highest BCUT2D eigenvalue weighted by molar-refractivity contribution is 9.10. The van der Waals surface area contributed by atoms with Crippen LogP contribution in [0.25, 0.3) is 0 Å². The normalized spacial score (nSPS) is 27.6. The zero-order chi connectivity index (χ0) is 13.2. The molecule has 2 nitrogen and oxygen atoms in total. The molecule has 1 N–H and O–H groups in total. The van der Waals surface area contributed by atoms with Gasteiger partial charge in [-0.15, -0.1) is 0 Å². The zero-order valence-electron chi connectivity index (χ0n) is 10.3. The van der Waals surface area contributed by atoms with Crippen LogP contribution in [0, 0.1) is 17.2 Å². The van der Waals surface area contributed by atoms with Gasteiger partial charge in [-0.05, 0) is 59.3 Å². The lowest BCUT2D eigenvalue weighted by molar-refractivity contribution is 0.308. The molecule has 96 valence electrons. The molecule has 0 radical (unpaired) electrons. The molecule has 1 saturated carbocycles. The Hall–Kier alpha value is -0.720. The van der Waals surface area contributed by atoms with Crippen LogP contribution in [-0.2, 0) is 0 Å². The van der Waals surface area contributed by atoms with Crippen LogP contribution in [-0.4, -0.2) is 5.54 Å². The maximum Gasteiger partial charge on any atom is 0.125 e. The van der Waals surface area contributed by atoms with Crippen LogP contribution >= 0.6 is 27.5 Å². The van der Waals surface area contributed by atoms with E-state index in [2.05, 4.69) is 34.2 Å². The molecule has 1 aliphatic rings. The van der Waals surface area contributed by atoms with Crippen molar-refractivity contribution in [2.24, 2.45) is 5.92 Å². The Morgan fingerprint density at radius 1 is 1.56 bits per heavy atom. The van der Waals surface area contributed by atoms with E-state index < -0.39 is 5.54 Å². The van der Waals surface area contributed by atoms with E-state index in [0.717, 1.165) is 29.4 Å². The van der Waals surface area contributed by atoms with Gasteiger partial charge >= 0.3 is 0 Å². The first-order chi connectivity index (χ1) is 8.54. The van der Waals surface area contributed by atoms with Gasteiger partial charge in [0.15, 0.2) is 0 Å². The topological polar surface area (TPSA) is 35.8 Å². The van der Waals surface area contributed by atoms with Crippen LogP contribution in [0.5, 0.6) is 0 Å². The maximum absolute atomic E-state index is 9.49. The summed E-state index contributed by atoms with van der Waals surface area (Å²) >= 11 is 9.38. The molecule has 1 aliphatic carbocycles. The number of hydrogen-bond acceptors (Lipinski definition) is 2. The number of hydrogen-bond donors (Lipinski definition) is 1. The predicted octanol–water partition coefficient (Wildman–Crippen LogP) is 4.99. The summed E-state index contributed by atoms with van der Waals surface area (Å²) in [5, 5.41) is 13.6. The van der Waals surface area contributed by atoms with Gasteiger partial charge in [0, 0.05) is 10.2 Å². The lowest BCUT2D eigenvalue weighted by Crippen LogP contribution is -2.41. The van der Waals surface area contributed by atoms with E-state index >= 15 is 0 Å². The summed E-state index contributed by atoms with van der Waals surface area (Å²) < 4.78 is 0.853. The van der Waals surface area contributed by atoms with Crippen molar-refractivity contribution >= 4 is 33.2 Å². The Morgan fingerprint density at radius 3 is 2.94 bits per heavy atom. The number of benzene rings is 1. The first-order valence-corrected chi connectivity index (χ1v) is 7.36. The van der Waals surface area contributed by atoms with Gasteiger partial charge < -0.3 is 5.32 Å². The van der Waals surface area contributed by atoms with Crippen molar-refractivity contribution in [3.05, 3.63) is 27.7 Å². The third-order valence-corrected chi connectivity index (χ3v) is 4.73. The van der Waals surface area contributed by atoms with Gasteiger partial charge in [0.1, 0.15) is 5.54 Å². The first kappa shape index (κ1) is 13.7. The van der Waals surface area contributed by atoms with Crippen LogP contribution in [0.3, 0.4) is 0 Å². The number of anilines is 1. The highest BCUT2D eigenvalue weighted by Crippen LogP contribution is 2.35. The minimum absolute atomic E-state index is 0.426. The number of nitrogens with zero attached hydrogens (tertiary/aromatic N) is 1. The number of rotatable bonds is 2. The standard InChI is InChI=1S/C14H16BrClN2/c1-10-3-2-6-14(8-10,9-17)18-11-4-5-13(16)12(15)7-11/h4-5,7,10,18H,2-3,6,8H2,1H3. The monoisotopic (exact) mass is 326 g/mol. The highest BCUT2D eigenvalue weighted by atomic mass is 79.9.